The third-order valence-corrected chi connectivity index (χ3v) is 5.29. The van der Waals surface area contributed by atoms with Crippen molar-refractivity contribution in [3.05, 3.63) is 68.6 Å². The second-order valence-corrected chi connectivity index (χ2v) is 6.50. The number of fused-ring (bicyclic) bond motifs is 1. The Hall–Kier alpha value is -0.910. The molecule has 1 unspecified atom stereocenters. The molecule has 0 aliphatic rings. The molecule has 0 fully saturated rings. The molecule has 3 rings (SSSR count). The van der Waals surface area contributed by atoms with Crippen molar-refractivity contribution in [3.8, 4) is 0 Å². The first-order valence-electron chi connectivity index (χ1n) is 6.19. The highest BCUT2D eigenvalue weighted by Gasteiger charge is 2.17. The molecule has 3 heteroatoms. The van der Waals surface area contributed by atoms with Crippen LogP contribution in [0.15, 0.2) is 53.9 Å². The summed E-state index contributed by atoms with van der Waals surface area (Å²) in [6.45, 7) is 0. The van der Waals surface area contributed by atoms with E-state index in [0.717, 1.165) is 0 Å². The highest BCUT2D eigenvalue weighted by molar-refractivity contribution is 14.1. The lowest BCUT2D eigenvalue weighted by Crippen LogP contribution is -2.18. The second-order valence-electron chi connectivity index (χ2n) is 4.43. The molecule has 0 aliphatic heterocycles. The van der Waals surface area contributed by atoms with Crippen molar-refractivity contribution < 1.29 is 0 Å². The summed E-state index contributed by atoms with van der Waals surface area (Å²) in [5.74, 6) is 0. The maximum absolute atomic E-state index is 3.46. The molecule has 1 nitrogen and oxygen atoms in total. The lowest BCUT2D eigenvalue weighted by molar-refractivity contribution is 0.695. The van der Waals surface area contributed by atoms with Crippen molar-refractivity contribution in [2.24, 2.45) is 0 Å². The predicted molar refractivity (Wildman–Crippen MR) is 91.9 cm³/mol. The average molecular weight is 379 g/mol. The van der Waals surface area contributed by atoms with Crippen LogP contribution in [0.3, 0.4) is 0 Å². The molecule has 0 amide bonds. The van der Waals surface area contributed by atoms with Crippen molar-refractivity contribution in [2.45, 2.75) is 6.04 Å². The number of hydrogen-bond acceptors (Lipinski definition) is 2. The molecule has 0 saturated carbocycles. The van der Waals surface area contributed by atoms with Crippen LogP contribution in [-0.4, -0.2) is 7.05 Å². The molecule has 0 radical (unpaired) electrons. The van der Waals surface area contributed by atoms with Gasteiger partial charge in [0.15, 0.2) is 0 Å². The predicted octanol–water partition coefficient (Wildman–Crippen LogP) is 4.81. The van der Waals surface area contributed by atoms with E-state index in [1.807, 2.05) is 18.4 Å². The van der Waals surface area contributed by atoms with Crippen LogP contribution in [0.5, 0.6) is 0 Å². The highest BCUT2D eigenvalue weighted by atomic mass is 127. The van der Waals surface area contributed by atoms with Gasteiger partial charge in [0.2, 0.25) is 0 Å². The Morgan fingerprint density at radius 3 is 2.53 bits per heavy atom. The molecule has 1 atom stereocenters. The maximum Gasteiger partial charge on any atom is 0.0599 e. The first-order valence-corrected chi connectivity index (χ1v) is 8.15. The van der Waals surface area contributed by atoms with E-state index >= 15 is 0 Å². The van der Waals surface area contributed by atoms with E-state index in [1.165, 1.54) is 24.8 Å². The number of benzene rings is 2. The Morgan fingerprint density at radius 1 is 1.00 bits per heavy atom. The van der Waals surface area contributed by atoms with Gasteiger partial charge >= 0.3 is 0 Å². The zero-order valence-corrected chi connectivity index (χ0v) is 13.5. The van der Waals surface area contributed by atoms with Gasteiger partial charge in [-0.3, -0.25) is 0 Å². The zero-order valence-electron chi connectivity index (χ0n) is 10.6. The van der Waals surface area contributed by atoms with E-state index in [2.05, 4.69) is 81.8 Å². The second kappa shape index (κ2) is 5.61. The van der Waals surface area contributed by atoms with Gasteiger partial charge in [-0.05, 0) is 63.7 Å². The summed E-state index contributed by atoms with van der Waals surface area (Å²) < 4.78 is 2.65. The summed E-state index contributed by atoms with van der Waals surface area (Å²) in [4.78, 5) is 0. The molecule has 96 valence electrons. The molecule has 0 saturated heterocycles. The Bertz CT molecular complexity index is 705. The fraction of sp³-hybridized carbons (Fsp3) is 0.125. The molecular weight excluding hydrogens is 365 g/mol. The van der Waals surface area contributed by atoms with Crippen molar-refractivity contribution in [2.75, 3.05) is 7.05 Å². The number of rotatable bonds is 3. The number of halogens is 1. The van der Waals surface area contributed by atoms with Crippen LogP contribution in [0.2, 0.25) is 0 Å². The summed E-state index contributed by atoms with van der Waals surface area (Å²) in [7, 11) is 2.03. The van der Waals surface area contributed by atoms with Crippen molar-refractivity contribution >= 4 is 44.0 Å². The number of nitrogens with one attached hydrogen (secondary N) is 1. The topological polar surface area (TPSA) is 12.0 Å². The first-order chi connectivity index (χ1) is 9.31. The third-order valence-electron chi connectivity index (χ3n) is 3.33. The lowest BCUT2D eigenvalue weighted by atomic mass is 9.98. The monoisotopic (exact) mass is 379 g/mol. The Labute approximate surface area is 130 Å². The van der Waals surface area contributed by atoms with Crippen molar-refractivity contribution in [1.82, 2.24) is 5.32 Å². The lowest BCUT2D eigenvalue weighted by Gasteiger charge is -2.18. The summed E-state index contributed by atoms with van der Waals surface area (Å²) >= 11 is 4.23. The quantitative estimate of drug-likeness (QED) is 0.644. The summed E-state index contributed by atoms with van der Waals surface area (Å²) in [6.07, 6.45) is 0. The standard InChI is InChI=1S/C16H14INS/c1-18-16(12-7-2-4-8-14(12)17)13-10-19-15-9-5-3-6-11(13)15/h2-10,16,18H,1H3. The van der Waals surface area contributed by atoms with Gasteiger partial charge in [0.05, 0.1) is 6.04 Å². The SMILES string of the molecule is CNC(c1ccccc1I)c1csc2ccccc12. The van der Waals surface area contributed by atoms with Gasteiger partial charge in [0, 0.05) is 8.27 Å². The fourth-order valence-electron chi connectivity index (χ4n) is 2.41. The summed E-state index contributed by atoms with van der Waals surface area (Å²) in [5, 5.41) is 7.08. The molecule has 1 N–H and O–H groups in total. The van der Waals surface area contributed by atoms with Crippen molar-refractivity contribution in [3.63, 3.8) is 0 Å². The van der Waals surface area contributed by atoms with Crippen LogP contribution in [0.4, 0.5) is 0 Å². The molecular formula is C16H14INS. The van der Waals surface area contributed by atoms with E-state index in [4.69, 9.17) is 0 Å². The normalized spacial score (nSPS) is 12.7. The van der Waals surface area contributed by atoms with Crippen LogP contribution < -0.4 is 5.32 Å². The Kier molecular flexibility index (Phi) is 3.86. The van der Waals surface area contributed by atoms with Gasteiger partial charge in [-0.2, -0.15) is 0 Å². The van der Waals surface area contributed by atoms with Gasteiger partial charge in [-0.25, -0.2) is 0 Å². The minimum Gasteiger partial charge on any atom is -0.309 e. The van der Waals surface area contributed by atoms with Gasteiger partial charge in [0.1, 0.15) is 0 Å². The van der Waals surface area contributed by atoms with Gasteiger partial charge in [-0.1, -0.05) is 36.4 Å². The van der Waals surface area contributed by atoms with E-state index in [0.29, 0.717) is 0 Å². The van der Waals surface area contributed by atoms with Gasteiger partial charge < -0.3 is 5.32 Å². The van der Waals surface area contributed by atoms with Crippen LogP contribution >= 0.6 is 33.9 Å². The van der Waals surface area contributed by atoms with Gasteiger partial charge in [0.25, 0.3) is 0 Å². The fourth-order valence-corrected chi connectivity index (χ4v) is 4.10. The molecule has 1 heterocycles. The Morgan fingerprint density at radius 2 is 1.74 bits per heavy atom. The minimum absolute atomic E-state index is 0.254. The Balaban J connectivity index is 2.15. The average Bonchev–Trinajstić information content (AvgIpc) is 2.86. The maximum atomic E-state index is 3.46. The minimum atomic E-state index is 0.254. The molecule has 0 bridgehead atoms. The molecule has 0 aliphatic carbocycles. The molecule has 0 spiro atoms. The zero-order chi connectivity index (χ0) is 13.2. The first kappa shape index (κ1) is 13.1. The van der Waals surface area contributed by atoms with Crippen LogP contribution in [0, 0.1) is 3.57 Å². The van der Waals surface area contributed by atoms with Gasteiger partial charge in [-0.15, -0.1) is 11.3 Å². The largest absolute Gasteiger partial charge is 0.309 e. The van der Waals surface area contributed by atoms with Crippen LogP contribution in [0.25, 0.3) is 10.1 Å². The molecule has 1 aromatic heterocycles. The molecule has 2 aromatic carbocycles. The molecule has 19 heavy (non-hydrogen) atoms. The third kappa shape index (κ3) is 2.42. The van der Waals surface area contributed by atoms with E-state index in [-0.39, 0.29) is 6.04 Å². The number of hydrogen-bond donors (Lipinski definition) is 1. The van der Waals surface area contributed by atoms with Crippen LogP contribution in [-0.2, 0) is 0 Å². The summed E-state index contributed by atoms with van der Waals surface area (Å²) in [6, 6.07) is 17.4. The summed E-state index contributed by atoms with van der Waals surface area (Å²) in [5.41, 5.74) is 2.71. The molecule has 3 aromatic rings. The van der Waals surface area contributed by atoms with E-state index in [9.17, 15) is 0 Å². The van der Waals surface area contributed by atoms with Crippen molar-refractivity contribution in [1.29, 1.82) is 0 Å². The van der Waals surface area contributed by atoms with Crippen LogP contribution in [0.1, 0.15) is 17.2 Å². The number of thiophene rings is 1. The van der Waals surface area contributed by atoms with E-state index < -0.39 is 0 Å². The van der Waals surface area contributed by atoms with E-state index in [1.54, 1.807) is 0 Å². The smallest absolute Gasteiger partial charge is 0.0599 e. The highest BCUT2D eigenvalue weighted by Crippen LogP contribution is 2.34.